The highest BCUT2D eigenvalue weighted by Gasteiger charge is 2.47. The molecular weight excluding hydrogens is 282 g/mol. The predicted octanol–water partition coefficient (Wildman–Crippen LogP) is -1.64. The third kappa shape index (κ3) is 2.68. The minimum atomic E-state index is -1.22. The molecule has 9 heteroatoms. The number of aliphatic hydroxyl groups is 1. The highest BCUT2D eigenvalue weighted by molar-refractivity contribution is 6.08. The normalized spacial score (nSPS) is 28.0. The van der Waals surface area contributed by atoms with E-state index in [0.29, 0.717) is 0 Å². The molecule has 4 amide bonds. The van der Waals surface area contributed by atoms with Crippen LogP contribution in [0.25, 0.3) is 0 Å². The summed E-state index contributed by atoms with van der Waals surface area (Å²) in [4.78, 5) is 48.6. The molecule has 0 aromatic heterocycles. The second kappa shape index (κ2) is 4.99. The molecule has 2 aliphatic heterocycles. The monoisotopic (exact) mass is 299 g/mol. The first-order valence-corrected chi connectivity index (χ1v) is 6.48. The Balaban J connectivity index is 2.10. The zero-order valence-electron chi connectivity index (χ0n) is 11.7. The van der Waals surface area contributed by atoms with E-state index in [1.54, 1.807) is 0 Å². The van der Waals surface area contributed by atoms with Gasteiger partial charge in [0, 0.05) is 13.0 Å². The van der Waals surface area contributed by atoms with Crippen LogP contribution in [-0.4, -0.2) is 74.6 Å². The average molecular weight is 299 g/mol. The first kappa shape index (κ1) is 15.2. The molecule has 3 N–H and O–H groups in total. The summed E-state index contributed by atoms with van der Waals surface area (Å²) in [6.45, 7) is 2.36. The number of carboxylic acids is 1. The smallest absolute Gasteiger partial charge is 0.326 e. The van der Waals surface area contributed by atoms with Crippen molar-refractivity contribution in [2.75, 3.05) is 13.1 Å². The van der Waals surface area contributed by atoms with E-state index in [1.165, 1.54) is 13.8 Å². The van der Waals surface area contributed by atoms with Crippen LogP contribution in [-0.2, 0) is 14.4 Å². The molecule has 0 saturated carbocycles. The fourth-order valence-corrected chi connectivity index (χ4v) is 2.51. The van der Waals surface area contributed by atoms with Crippen LogP contribution in [0, 0.1) is 0 Å². The summed E-state index contributed by atoms with van der Waals surface area (Å²) in [6, 6.07) is -1.83. The van der Waals surface area contributed by atoms with Crippen LogP contribution in [0.5, 0.6) is 0 Å². The van der Waals surface area contributed by atoms with Gasteiger partial charge in [0.25, 0.3) is 5.91 Å². The molecular formula is C12H17N3O6. The van der Waals surface area contributed by atoms with Gasteiger partial charge in [-0.1, -0.05) is 0 Å². The number of amides is 4. The fourth-order valence-electron chi connectivity index (χ4n) is 2.51. The number of carboxylic acid groups (broad SMARTS) is 1. The lowest BCUT2D eigenvalue weighted by Crippen LogP contribution is -2.47. The molecule has 0 bridgehead atoms. The van der Waals surface area contributed by atoms with Crippen LogP contribution >= 0.6 is 0 Å². The lowest BCUT2D eigenvalue weighted by atomic mass is 10.1. The van der Waals surface area contributed by atoms with Gasteiger partial charge in [0.05, 0.1) is 6.10 Å². The van der Waals surface area contributed by atoms with Crippen molar-refractivity contribution in [1.29, 1.82) is 0 Å². The average Bonchev–Trinajstić information content (AvgIpc) is 2.83. The SMILES string of the molecule is CC1(C)NC(=O)N(CC(=O)N2CC(O)CC2C(=O)O)C1=O. The molecule has 116 valence electrons. The minimum absolute atomic E-state index is 0.0628. The zero-order chi connectivity index (χ0) is 15.9. The van der Waals surface area contributed by atoms with Crippen LogP contribution < -0.4 is 5.32 Å². The number of hydrogen-bond donors (Lipinski definition) is 3. The number of carbonyl (C=O) groups is 4. The molecule has 0 spiro atoms. The molecule has 0 radical (unpaired) electrons. The van der Waals surface area contributed by atoms with Gasteiger partial charge in [-0.3, -0.25) is 14.5 Å². The van der Waals surface area contributed by atoms with Crippen LogP contribution in [0.15, 0.2) is 0 Å². The van der Waals surface area contributed by atoms with Crippen molar-refractivity contribution in [1.82, 2.24) is 15.1 Å². The van der Waals surface area contributed by atoms with Gasteiger partial charge < -0.3 is 20.4 Å². The van der Waals surface area contributed by atoms with Gasteiger partial charge in [0.2, 0.25) is 5.91 Å². The number of urea groups is 1. The van der Waals surface area contributed by atoms with Crippen LogP contribution in [0.3, 0.4) is 0 Å². The molecule has 2 saturated heterocycles. The van der Waals surface area contributed by atoms with Gasteiger partial charge in [-0.2, -0.15) is 0 Å². The molecule has 2 atom stereocenters. The maximum absolute atomic E-state index is 12.1. The Hall–Kier alpha value is -2.16. The Kier molecular flexibility index (Phi) is 3.62. The third-order valence-electron chi connectivity index (χ3n) is 3.62. The van der Waals surface area contributed by atoms with E-state index in [9.17, 15) is 24.3 Å². The lowest BCUT2D eigenvalue weighted by Gasteiger charge is -2.23. The molecule has 2 heterocycles. The van der Waals surface area contributed by atoms with E-state index in [1.807, 2.05) is 0 Å². The van der Waals surface area contributed by atoms with E-state index in [4.69, 9.17) is 5.11 Å². The number of rotatable bonds is 3. The van der Waals surface area contributed by atoms with Gasteiger partial charge in [-0.25, -0.2) is 9.59 Å². The van der Waals surface area contributed by atoms with Crippen molar-refractivity contribution in [3.63, 3.8) is 0 Å². The maximum atomic E-state index is 12.1. The number of carbonyl (C=O) groups excluding carboxylic acids is 3. The molecule has 2 rings (SSSR count). The van der Waals surface area contributed by atoms with Crippen LogP contribution in [0.1, 0.15) is 20.3 Å². The molecule has 9 nitrogen and oxygen atoms in total. The Morgan fingerprint density at radius 3 is 2.48 bits per heavy atom. The van der Waals surface area contributed by atoms with E-state index in [-0.39, 0.29) is 13.0 Å². The third-order valence-corrected chi connectivity index (χ3v) is 3.62. The number of hydrogen-bond acceptors (Lipinski definition) is 5. The lowest BCUT2D eigenvalue weighted by molar-refractivity contribution is -0.149. The second-order valence-electron chi connectivity index (χ2n) is 5.74. The Bertz CT molecular complexity index is 517. The number of nitrogens with zero attached hydrogens (tertiary/aromatic N) is 2. The summed E-state index contributed by atoms with van der Waals surface area (Å²) in [5.41, 5.74) is -1.09. The Morgan fingerprint density at radius 1 is 1.38 bits per heavy atom. The molecule has 0 aliphatic carbocycles. The number of aliphatic hydroxyl groups excluding tert-OH is 1. The molecule has 2 unspecified atom stereocenters. The van der Waals surface area contributed by atoms with Crippen LogP contribution in [0.2, 0.25) is 0 Å². The molecule has 0 aromatic rings. The number of aliphatic carboxylic acids is 1. The fraction of sp³-hybridized carbons (Fsp3) is 0.667. The van der Waals surface area contributed by atoms with Gasteiger partial charge in [0.15, 0.2) is 0 Å². The summed E-state index contributed by atoms with van der Waals surface area (Å²) in [5.74, 6) is -2.45. The van der Waals surface area contributed by atoms with Gasteiger partial charge in [-0.15, -0.1) is 0 Å². The van der Waals surface area contributed by atoms with Crippen LogP contribution in [0.4, 0.5) is 4.79 Å². The number of imide groups is 1. The van der Waals surface area contributed by atoms with E-state index in [2.05, 4.69) is 5.32 Å². The van der Waals surface area contributed by atoms with E-state index < -0.39 is 48.0 Å². The van der Waals surface area contributed by atoms with Crippen molar-refractivity contribution in [2.24, 2.45) is 0 Å². The molecule has 2 aliphatic rings. The maximum Gasteiger partial charge on any atom is 0.326 e. The standard InChI is InChI=1S/C12H17N3O6/c1-12(2)10(20)15(11(21)13-12)5-8(17)14-4-6(16)3-7(14)9(18)19/h6-7,16H,3-5H2,1-2H3,(H,13,21)(H,18,19). The van der Waals surface area contributed by atoms with Crippen molar-refractivity contribution in [3.05, 3.63) is 0 Å². The summed E-state index contributed by atoms with van der Waals surface area (Å²) >= 11 is 0. The zero-order valence-corrected chi connectivity index (χ0v) is 11.7. The number of nitrogens with one attached hydrogen (secondary N) is 1. The number of likely N-dealkylation sites (tertiary alicyclic amines) is 1. The minimum Gasteiger partial charge on any atom is -0.480 e. The summed E-state index contributed by atoms with van der Waals surface area (Å²) in [5, 5.41) is 21.0. The van der Waals surface area contributed by atoms with Crippen molar-refractivity contribution in [2.45, 2.75) is 38.0 Å². The quantitative estimate of drug-likeness (QED) is 0.537. The summed E-state index contributed by atoms with van der Waals surface area (Å²) in [7, 11) is 0. The first-order valence-electron chi connectivity index (χ1n) is 6.48. The topological polar surface area (TPSA) is 127 Å². The second-order valence-corrected chi connectivity index (χ2v) is 5.74. The molecule has 0 aromatic carbocycles. The van der Waals surface area contributed by atoms with E-state index >= 15 is 0 Å². The van der Waals surface area contributed by atoms with E-state index in [0.717, 1.165) is 9.80 Å². The predicted molar refractivity (Wildman–Crippen MR) is 68.1 cm³/mol. The van der Waals surface area contributed by atoms with Gasteiger partial charge >= 0.3 is 12.0 Å². The molecule has 21 heavy (non-hydrogen) atoms. The largest absolute Gasteiger partial charge is 0.480 e. The summed E-state index contributed by atoms with van der Waals surface area (Å²) < 4.78 is 0. The Morgan fingerprint density at radius 2 is 2.00 bits per heavy atom. The highest BCUT2D eigenvalue weighted by atomic mass is 16.4. The van der Waals surface area contributed by atoms with Gasteiger partial charge in [-0.05, 0) is 13.8 Å². The molecule has 2 fully saturated rings. The van der Waals surface area contributed by atoms with Crippen molar-refractivity contribution in [3.8, 4) is 0 Å². The Labute approximate surface area is 120 Å². The first-order chi connectivity index (χ1) is 9.63. The van der Waals surface area contributed by atoms with Gasteiger partial charge in [0.1, 0.15) is 18.1 Å². The van der Waals surface area contributed by atoms with Crippen molar-refractivity contribution >= 4 is 23.8 Å². The number of β-amino-alcohol motifs (C(OH)–C–C–N with tert-alkyl or cyclic N) is 1. The highest BCUT2D eigenvalue weighted by Crippen LogP contribution is 2.21. The van der Waals surface area contributed by atoms with Crippen molar-refractivity contribution < 1.29 is 29.4 Å². The summed E-state index contributed by atoms with van der Waals surface area (Å²) in [6.07, 6.45) is -0.984.